The van der Waals surface area contributed by atoms with Gasteiger partial charge in [-0.05, 0) is 28.9 Å². The van der Waals surface area contributed by atoms with Crippen LogP contribution in [0, 0.1) is 6.92 Å². The first-order valence-corrected chi connectivity index (χ1v) is 4.25. The van der Waals surface area contributed by atoms with Crippen LogP contribution in [0.3, 0.4) is 0 Å². The molecule has 0 bridgehead atoms. The normalized spacial score (nSPS) is 9.92. The van der Waals surface area contributed by atoms with Gasteiger partial charge in [-0.15, -0.1) is 0 Å². The number of aromatic carboxylic acids is 1. The first kappa shape index (κ1) is 9.48. The fourth-order valence-electron chi connectivity index (χ4n) is 0.768. The van der Waals surface area contributed by atoms with E-state index in [-0.39, 0.29) is 10.7 Å². The molecule has 0 atom stereocenters. The van der Waals surface area contributed by atoms with Crippen molar-refractivity contribution in [3.63, 3.8) is 0 Å². The maximum atomic E-state index is 10.6. The summed E-state index contributed by atoms with van der Waals surface area (Å²) < 4.78 is 0.493. The van der Waals surface area contributed by atoms with Crippen LogP contribution in [-0.2, 0) is 0 Å². The summed E-state index contributed by atoms with van der Waals surface area (Å²) in [5.41, 5.74) is 0.571. The third-order valence-corrected chi connectivity index (χ3v) is 2.48. The molecule has 0 saturated carbocycles. The molecule has 0 unspecified atom stereocenters. The fourth-order valence-corrected chi connectivity index (χ4v) is 1.27. The van der Waals surface area contributed by atoms with Crippen molar-refractivity contribution in [1.29, 1.82) is 0 Å². The lowest BCUT2D eigenvalue weighted by atomic mass is 10.2. The largest absolute Gasteiger partial charge is 0.478 e. The van der Waals surface area contributed by atoms with E-state index in [0.29, 0.717) is 10.2 Å². The molecule has 0 saturated heterocycles. The summed E-state index contributed by atoms with van der Waals surface area (Å²) in [4.78, 5) is 14.4. The molecule has 0 fully saturated rings. The number of pyridine rings is 1. The quantitative estimate of drug-likeness (QED) is 0.779. The van der Waals surface area contributed by atoms with Crippen molar-refractivity contribution in [2.24, 2.45) is 0 Å². The summed E-state index contributed by atoms with van der Waals surface area (Å²) in [5.74, 6) is -1.00. The van der Waals surface area contributed by atoms with Crippen LogP contribution < -0.4 is 0 Å². The Labute approximate surface area is 82.5 Å². The number of rotatable bonds is 1. The second kappa shape index (κ2) is 3.41. The van der Waals surface area contributed by atoms with E-state index >= 15 is 0 Å². The summed E-state index contributed by atoms with van der Waals surface area (Å²) in [7, 11) is 0. The highest BCUT2D eigenvalue weighted by Crippen LogP contribution is 2.22. The third-order valence-electron chi connectivity index (χ3n) is 1.35. The number of aryl methyl sites for hydroxylation is 1. The van der Waals surface area contributed by atoms with Crippen LogP contribution in [0.5, 0.6) is 0 Å². The molecule has 0 spiro atoms. The molecular formula is C7H5BrClNO2. The van der Waals surface area contributed by atoms with Crippen molar-refractivity contribution in [3.05, 3.63) is 26.9 Å². The maximum absolute atomic E-state index is 10.6. The molecule has 0 aromatic carbocycles. The van der Waals surface area contributed by atoms with Gasteiger partial charge in [-0.3, -0.25) is 0 Å². The van der Waals surface area contributed by atoms with E-state index in [1.165, 1.54) is 6.07 Å². The predicted octanol–water partition coefficient (Wildman–Crippen LogP) is 2.50. The molecule has 12 heavy (non-hydrogen) atoms. The summed E-state index contributed by atoms with van der Waals surface area (Å²) in [5, 5.41) is 8.95. The molecule has 1 N–H and O–H groups in total. The first-order chi connectivity index (χ1) is 5.52. The zero-order valence-corrected chi connectivity index (χ0v) is 8.48. The summed E-state index contributed by atoms with van der Waals surface area (Å²) >= 11 is 8.73. The molecule has 1 rings (SSSR count). The number of hydrogen-bond donors (Lipinski definition) is 1. The SMILES string of the molecule is Cc1nc(Cl)c(Br)cc1C(=O)O. The van der Waals surface area contributed by atoms with E-state index in [2.05, 4.69) is 20.9 Å². The lowest BCUT2D eigenvalue weighted by molar-refractivity contribution is 0.0695. The highest BCUT2D eigenvalue weighted by Gasteiger charge is 2.10. The van der Waals surface area contributed by atoms with Gasteiger partial charge in [0.15, 0.2) is 0 Å². The predicted molar refractivity (Wildman–Crippen MR) is 48.6 cm³/mol. The van der Waals surface area contributed by atoms with Crippen molar-refractivity contribution >= 4 is 33.5 Å². The number of nitrogens with zero attached hydrogens (tertiary/aromatic N) is 1. The Bertz CT molecular complexity index is 340. The first-order valence-electron chi connectivity index (χ1n) is 3.08. The van der Waals surface area contributed by atoms with Crippen LogP contribution in [0.15, 0.2) is 10.5 Å². The highest BCUT2D eigenvalue weighted by molar-refractivity contribution is 9.10. The minimum atomic E-state index is -1.00. The lowest BCUT2D eigenvalue weighted by Crippen LogP contribution is -2.01. The van der Waals surface area contributed by atoms with Crippen LogP contribution in [0.1, 0.15) is 16.1 Å². The molecule has 0 radical (unpaired) electrons. The van der Waals surface area contributed by atoms with Gasteiger partial charge in [-0.1, -0.05) is 11.6 Å². The van der Waals surface area contributed by atoms with Crippen LogP contribution in [0.25, 0.3) is 0 Å². The van der Waals surface area contributed by atoms with Crippen molar-refractivity contribution < 1.29 is 9.90 Å². The van der Waals surface area contributed by atoms with Gasteiger partial charge in [0.1, 0.15) is 5.15 Å². The Hall–Kier alpha value is -0.610. The molecule has 0 aliphatic rings. The van der Waals surface area contributed by atoms with Crippen molar-refractivity contribution in [2.75, 3.05) is 0 Å². The molecule has 1 aromatic rings. The standard InChI is InChI=1S/C7H5BrClNO2/c1-3-4(7(11)12)2-5(8)6(9)10-3/h2H,1H3,(H,11,12). The van der Waals surface area contributed by atoms with Crippen LogP contribution in [0.2, 0.25) is 5.15 Å². The molecule has 1 aromatic heterocycles. The summed E-state index contributed by atoms with van der Waals surface area (Å²) in [6.07, 6.45) is 0. The van der Waals surface area contributed by atoms with Gasteiger partial charge >= 0.3 is 5.97 Å². The number of hydrogen-bond acceptors (Lipinski definition) is 2. The highest BCUT2D eigenvalue weighted by atomic mass is 79.9. The smallest absolute Gasteiger partial charge is 0.337 e. The van der Waals surface area contributed by atoms with Crippen molar-refractivity contribution in [2.45, 2.75) is 6.92 Å². The van der Waals surface area contributed by atoms with Crippen LogP contribution in [-0.4, -0.2) is 16.1 Å². The third kappa shape index (κ3) is 1.76. The van der Waals surface area contributed by atoms with Crippen LogP contribution in [0.4, 0.5) is 0 Å². The molecule has 0 amide bonds. The van der Waals surface area contributed by atoms with E-state index < -0.39 is 5.97 Å². The molecule has 3 nitrogen and oxygen atoms in total. The minimum Gasteiger partial charge on any atom is -0.478 e. The van der Waals surface area contributed by atoms with E-state index in [1.807, 2.05) is 0 Å². The summed E-state index contributed by atoms with van der Waals surface area (Å²) in [6.45, 7) is 1.60. The Balaban J connectivity index is 3.33. The number of carboxylic acids is 1. The van der Waals surface area contributed by atoms with Gasteiger partial charge in [-0.25, -0.2) is 9.78 Å². The minimum absolute atomic E-state index is 0.159. The second-order valence-electron chi connectivity index (χ2n) is 2.20. The number of carboxylic acid groups (broad SMARTS) is 1. The average Bonchev–Trinajstić information content (AvgIpc) is 1.96. The number of carbonyl (C=O) groups is 1. The fraction of sp³-hybridized carbons (Fsp3) is 0.143. The van der Waals surface area contributed by atoms with Gasteiger partial charge in [0.25, 0.3) is 0 Å². The molecule has 0 aliphatic heterocycles. The zero-order valence-electron chi connectivity index (χ0n) is 6.14. The molecule has 0 aliphatic carbocycles. The Morgan fingerprint density at radius 1 is 1.75 bits per heavy atom. The topological polar surface area (TPSA) is 50.2 Å². The van der Waals surface area contributed by atoms with Crippen molar-refractivity contribution in [3.8, 4) is 0 Å². The van der Waals surface area contributed by atoms with E-state index in [1.54, 1.807) is 6.92 Å². The molecule has 5 heteroatoms. The van der Waals surface area contributed by atoms with E-state index in [0.717, 1.165) is 0 Å². The Kier molecular flexibility index (Phi) is 2.69. The summed E-state index contributed by atoms with van der Waals surface area (Å²) in [6, 6.07) is 1.44. The molecule has 64 valence electrons. The Morgan fingerprint density at radius 3 is 2.83 bits per heavy atom. The second-order valence-corrected chi connectivity index (χ2v) is 3.41. The zero-order chi connectivity index (χ0) is 9.30. The average molecular weight is 250 g/mol. The van der Waals surface area contributed by atoms with Crippen molar-refractivity contribution in [1.82, 2.24) is 4.98 Å². The number of halogens is 2. The lowest BCUT2D eigenvalue weighted by Gasteiger charge is -2.01. The van der Waals surface area contributed by atoms with E-state index in [4.69, 9.17) is 16.7 Å². The Morgan fingerprint density at radius 2 is 2.33 bits per heavy atom. The molecular weight excluding hydrogens is 245 g/mol. The van der Waals surface area contributed by atoms with E-state index in [9.17, 15) is 4.79 Å². The number of aromatic nitrogens is 1. The van der Waals surface area contributed by atoms with Gasteiger partial charge in [0.05, 0.1) is 15.7 Å². The van der Waals surface area contributed by atoms with Crippen LogP contribution >= 0.6 is 27.5 Å². The molecule has 1 heterocycles. The van der Waals surface area contributed by atoms with Gasteiger partial charge in [0.2, 0.25) is 0 Å². The maximum Gasteiger partial charge on any atom is 0.337 e. The van der Waals surface area contributed by atoms with Gasteiger partial charge in [-0.2, -0.15) is 0 Å². The van der Waals surface area contributed by atoms with Gasteiger partial charge in [0, 0.05) is 0 Å². The monoisotopic (exact) mass is 249 g/mol. The van der Waals surface area contributed by atoms with Gasteiger partial charge < -0.3 is 5.11 Å².